The highest BCUT2D eigenvalue weighted by atomic mass is 32.2. The van der Waals surface area contributed by atoms with E-state index < -0.39 is 15.5 Å². The zero-order valence-electron chi connectivity index (χ0n) is 21.6. The molecule has 0 spiro atoms. The highest BCUT2D eigenvalue weighted by Crippen LogP contribution is 2.50. The number of hydrogen-bond acceptors (Lipinski definition) is 5. The average molecular weight is 524 g/mol. The van der Waals surface area contributed by atoms with E-state index >= 15 is 0 Å². The van der Waals surface area contributed by atoms with Crippen molar-refractivity contribution in [3.63, 3.8) is 0 Å². The van der Waals surface area contributed by atoms with Gasteiger partial charge in [0.2, 0.25) is 0 Å². The Labute approximate surface area is 224 Å². The van der Waals surface area contributed by atoms with Crippen molar-refractivity contribution in [3.8, 4) is 12.1 Å². The monoisotopic (exact) mass is 523 g/mol. The molecule has 0 bridgehead atoms. The van der Waals surface area contributed by atoms with E-state index in [1.54, 1.807) is 13.0 Å². The van der Waals surface area contributed by atoms with Gasteiger partial charge in [-0.2, -0.15) is 18.9 Å². The van der Waals surface area contributed by atoms with Crippen molar-refractivity contribution >= 4 is 32.2 Å². The molecule has 0 amide bonds. The quantitative estimate of drug-likeness (QED) is 0.214. The summed E-state index contributed by atoms with van der Waals surface area (Å²) in [7, 11) is -4.10. The van der Waals surface area contributed by atoms with Crippen LogP contribution in [-0.4, -0.2) is 25.3 Å². The van der Waals surface area contributed by atoms with Gasteiger partial charge in [0.1, 0.15) is 0 Å². The van der Waals surface area contributed by atoms with Gasteiger partial charge in [-0.15, -0.1) is 0 Å². The summed E-state index contributed by atoms with van der Waals surface area (Å²) in [4.78, 5) is 2.07. The summed E-state index contributed by atoms with van der Waals surface area (Å²) >= 11 is 0. The van der Waals surface area contributed by atoms with Crippen LogP contribution in [0.25, 0.3) is 16.3 Å². The second-order valence-corrected chi connectivity index (χ2v) is 11.4. The fourth-order valence-corrected chi connectivity index (χ4v) is 5.75. The van der Waals surface area contributed by atoms with Crippen LogP contribution in [0.4, 0.5) is 5.69 Å². The first-order valence-electron chi connectivity index (χ1n) is 12.3. The zero-order chi connectivity index (χ0) is 27.5. The Balaban J connectivity index is 1.88. The summed E-state index contributed by atoms with van der Waals surface area (Å²) in [6.45, 7) is 6.29. The molecule has 4 rings (SSSR count). The van der Waals surface area contributed by atoms with Crippen LogP contribution >= 0.6 is 0 Å². The van der Waals surface area contributed by atoms with E-state index in [0.29, 0.717) is 23.3 Å². The second-order valence-electron chi connectivity index (χ2n) is 9.82. The molecule has 0 unspecified atom stereocenters. The van der Waals surface area contributed by atoms with Crippen LogP contribution in [0.2, 0.25) is 0 Å². The van der Waals surface area contributed by atoms with Gasteiger partial charge in [0.05, 0.1) is 23.5 Å². The fourth-order valence-electron chi connectivity index (χ4n) is 5.25. The van der Waals surface area contributed by atoms with Crippen LogP contribution in [0.5, 0.6) is 0 Å². The summed E-state index contributed by atoms with van der Waals surface area (Å²) in [6, 6.07) is 26.0. The van der Waals surface area contributed by atoms with E-state index in [1.807, 2.05) is 60.7 Å². The SMILES string of the molecule is CC(C#N)=C(C(C#N)=CC=C1N(CCCS(=O)(=O)O)c2ccc3ccccc3c2C1(C)C)c1ccccc1. The number of nitriles is 2. The molecule has 3 aromatic rings. The number of hydrogen-bond donors (Lipinski definition) is 1. The molecule has 0 saturated heterocycles. The van der Waals surface area contributed by atoms with E-state index in [-0.39, 0.29) is 12.2 Å². The lowest BCUT2D eigenvalue weighted by molar-refractivity contribution is 0.481. The van der Waals surface area contributed by atoms with Gasteiger partial charge in [-0.25, -0.2) is 0 Å². The number of anilines is 1. The molecule has 192 valence electrons. The third-order valence-corrected chi connectivity index (χ3v) is 7.75. The zero-order valence-corrected chi connectivity index (χ0v) is 22.5. The van der Waals surface area contributed by atoms with Gasteiger partial charge in [-0.1, -0.05) is 74.5 Å². The van der Waals surface area contributed by atoms with Gasteiger partial charge in [0, 0.05) is 34.5 Å². The molecule has 0 radical (unpaired) electrons. The molecule has 3 aromatic carbocycles. The summed E-state index contributed by atoms with van der Waals surface area (Å²) in [5.74, 6) is -0.346. The Morgan fingerprint density at radius 3 is 2.34 bits per heavy atom. The van der Waals surface area contributed by atoms with Crippen molar-refractivity contribution in [3.05, 3.63) is 107 Å². The molecular formula is C31H29N3O3S. The van der Waals surface area contributed by atoms with Crippen LogP contribution in [0.1, 0.15) is 38.3 Å². The Kier molecular flexibility index (Phi) is 7.55. The van der Waals surface area contributed by atoms with Crippen molar-refractivity contribution in [1.82, 2.24) is 0 Å². The molecule has 0 fully saturated rings. The Hall–Kier alpha value is -4.17. The van der Waals surface area contributed by atoms with Gasteiger partial charge in [-0.05, 0) is 53.5 Å². The Bertz CT molecular complexity index is 1670. The molecule has 0 saturated carbocycles. The molecule has 1 aliphatic heterocycles. The average Bonchev–Trinajstić information content (AvgIpc) is 3.11. The van der Waals surface area contributed by atoms with E-state index in [9.17, 15) is 23.5 Å². The molecule has 38 heavy (non-hydrogen) atoms. The minimum Gasteiger partial charge on any atom is -0.344 e. The first kappa shape index (κ1) is 26.9. The van der Waals surface area contributed by atoms with Crippen molar-refractivity contribution in [2.24, 2.45) is 0 Å². The molecule has 1 heterocycles. The molecule has 7 heteroatoms. The van der Waals surface area contributed by atoms with Crippen LogP contribution in [0.15, 0.2) is 95.7 Å². The number of allylic oxidation sites excluding steroid dienone is 6. The van der Waals surface area contributed by atoms with Crippen LogP contribution in [0.3, 0.4) is 0 Å². The van der Waals surface area contributed by atoms with E-state index in [1.165, 1.54) is 0 Å². The van der Waals surface area contributed by atoms with Gasteiger partial charge < -0.3 is 4.90 Å². The molecule has 0 aromatic heterocycles. The van der Waals surface area contributed by atoms with E-state index in [0.717, 1.165) is 33.3 Å². The van der Waals surface area contributed by atoms with Gasteiger partial charge >= 0.3 is 0 Å². The summed E-state index contributed by atoms with van der Waals surface area (Å²) in [6.07, 6.45) is 3.87. The Morgan fingerprint density at radius 2 is 1.68 bits per heavy atom. The molecule has 1 N–H and O–H groups in total. The second kappa shape index (κ2) is 10.7. The smallest absolute Gasteiger partial charge is 0.264 e. The number of benzene rings is 3. The lowest BCUT2D eigenvalue weighted by Crippen LogP contribution is -2.28. The lowest BCUT2D eigenvalue weighted by atomic mass is 9.81. The van der Waals surface area contributed by atoms with E-state index in [4.69, 9.17) is 0 Å². The topological polar surface area (TPSA) is 105 Å². The lowest BCUT2D eigenvalue weighted by Gasteiger charge is -2.27. The van der Waals surface area contributed by atoms with Gasteiger partial charge in [0.25, 0.3) is 10.1 Å². The van der Waals surface area contributed by atoms with Crippen LogP contribution < -0.4 is 4.90 Å². The molecule has 1 aliphatic rings. The van der Waals surface area contributed by atoms with Crippen molar-refractivity contribution in [2.75, 3.05) is 17.2 Å². The maximum atomic E-state index is 11.4. The predicted molar refractivity (Wildman–Crippen MR) is 152 cm³/mol. The van der Waals surface area contributed by atoms with E-state index in [2.05, 4.69) is 43.0 Å². The predicted octanol–water partition coefficient (Wildman–Crippen LogP) is 6.55. The molecule has 0 aliphatic carbocycles. The first-order valence-corrected chi connectivity index (χ1v) is 13.9. The maximum Gasteiger partial charge on any atom is 0.264 e. The molecular weight excluding hydrogens is 494 g/mol. The van der Waals surface area contributed by atoms with Crippen molar-refractivity contribution in [1.29, 1.82) is 10.5 Å². The van der Waals surface area contributed by atoms with Gasteiger partial charge in [0.15, 0.2) is 0 Å². The van der Waals surface area contributed by atoms with Crippen LogP contribution in [-0.2, 0) is 15.5 Å². The first-order chi connectivity index (χ1) is 18.1. The minimum absolute atomic E-state index is 0.232. The number of fused-ring (bicyclic) bond motifs is 3. The fraction of sp³-hybridized carbons (Fsp3) is 0.226. The number of nitrogens with zero attached hydrogens (tertiary/aromatic N) is 3. The molecule has 0 atom stereocenters. The summed E-state index contributed by atoms with van der Waals surface area (Å²) in [5.41, 5.74) is 4.67. The largest absolute Gasteiger partial charge is 0.344 e. The van der Waals surface area contributed by atoms with Gasteiger partial charge in [-0.3, -0.25) is 4.55 Å². The third kappa shape index (κ3) is 5.26. The summed E-state index contributed by atoms with van der Waals surface area (Å²) < 4.78 is 32.2. The maximum absolute atomic E-state index is 11.4. The normalized spacial score (nSPS) is 16.6. The minimum atomic E-state index is -4.10. The highest BCUT2D eigenvalue weighted by molar-refractivity contribution is 7.85. The highest BCUT2D eigenvalue weighted by Gasteiger charge is 2.41. The standard InChI is InChI=1S/C31H29N3O3S/c1-22(20-32)29(24-11-5-4-6-12-24)25(21-33)15-17-28-31(2,3)30-26-13-8-7-10-23(26)14-16-27(30)34(28)18-9-19-38(35,36)37/h4-8,10-17H,9,18-19H2,1-3H3,(H,35,36,37). The summed E-state index contributed by atoms with van der Waals surface area (Å²) in [5, 5.41) is 22.0. The molecule has 6 nitrogen and oxygen atoms in total. The van der Waals surface area contributed by atoms with Crippen molar-refractivity contribution < 1.29 is 13.0 Å². The third-order valence-electron chi connectivity index (χ3n) is 6.94. The Morgan fingerprint density at radius 1 is 1.00 bits per heavy atom. The number of rotatable bonds is 7. The van der Waals surface area contributed by atoms with Crippen molar-refractivity contribution in [2.45, 2.75) is 32.6 Å². The van der Waals surface area contributed by atoms with Crippen LogP contribution in [0, 0.1) is 22.7 Å².